The molecule has 0 saturated heterocycles. The quantitative estimate of drug-likeness (QED) is 0.611. The number of hydrogen-bond donors (Lipinski definition) is 2. The largest absolute Gasteiger partial charge is 0.419 e. The van der Waals surface area contributed by atoms with E-state index < -0.39 is 29.3 Å². The van der Waals surface area contributed by atoms with Crippen LogP contribution in [-0.2, 0) is 12.4 Å². The second kappa shape index (κ2) is 8.56. The van der Waals surface area contributed by atoms with Gasteiger partial charge < -0.3 is 11.1 Å². The van der Waals surface area contributed by atoms with E-state index in [9.17, 15) is 26.3 Å². The van der Waals surface area contributed by atoms with Crippen LogP contribution in [0.15, 0.2) is 35.1 Å². The summed E-state index contributed by atoms with van der Waals surface area (Å²) in [5, 5.41) is 2.81. The zero-order chi connectivity index (χ0) is 20.1. The highest BCUT2D eigenvalue weighted by molar-refractivity contribution is 9.10. The number of hydrogen-bond acceptors (Lipinski definition) is 4. The third-order valence-corrected chi connectivity index (χ3v) is 3.37. The van der Waals surface area contributed by atoms with E-state index >= 15 is 0 Å². The molecule has 2 aromatic heterocycles. The van der Waals surface area contributed by atoms with Gasteiger partial charge in [-0.05, 0) is 48.0 Å². The molecule has 0 aliphatic heterocycles. The first-order chi connectivity index (χ1) is 11.8. The van der Waals surface area contributed by atoms with E-state index in [-0.39, 0.29) is 16.3 Å². The molecule has 0 bridgehead atoms. The van der Waals surface area contributed by atoms with Crippen molar-refractivity contribution in [3.05, 3.63) is 46.2 Å². The first-order valence-corrected chi connectivity index (χ1v) is 7.88. The number of rotatable bonds is 2. The minimum atomic E-state index is -4.40. The molecule has 2 rings (SSSR count). The second-order valence-electron chi connectivity index (χ2n) is 5.28. The first-order valence-electron chi connectivity index (χ1n) is 7.09. The number of nitrogens with zero attached hydrogens (tertiary/aromatic N) is 2. The van der Waals surface area contributed by atoms with Gasteiger partial charge in [0.05, 0.1) is 11.1 Å². The van der Waals surface area contributed by atoms with Gasteiger partial charge in [0, 0.05) is 22.9 Å². The van der Waals surface area contributed by atoms with Gasteiger partial charge >= 0.3 is 12.4 Å². The van der Waals surface area contributed by atoms with Crippen LogP contribution in [0.25, 0.3) is 0 Å². The Morgan fingerprint density at radius 3 is 2.04 bits per heavy atom. The number of aromatic nitrogens is 2. The number of pyridine rings is 2. The highest BCUT2D eigenvalue weighted by Crippen LogP contribution is 2.35. The smallest absolute Gasteiger partial charge is 0.383 e. The van der Waals surface area contributed by atoms with E-state index in [4.69, 9.17) is 5.73 Å². The molecule has 0 radical (unpaired) electrons. The summed E-state index contributed by atoms with van der Waals surface area (Å²) in [6.45, 7) is 3.66. The Bertz CT molecular complexity index is 731. The van der Waals surface area contributed by atoms with Gasteiger partial charge in [-0.3, -0.25) is 0 Å². The van der Waals surface area contributed by atoms with Crippen LogP contribution in [-0.4, -0.2) is 16.0 Å². The van der Waals surface area contributed by atoms with Crippen molar-refractivity contribution in [3.63, 3.8) is 0 Å². The van der Waals surface area contributed by atoms with Gasteiger partial charge in [-0.15, -0.1) is 0 Å². The molecular formula is C15H15BrF6N4. The van der Waals surface area contributed by atoms with Crippen molar-refractivity contribution in [2.24, 2.45) is 0 Å². The van der Waals surface area contributed by atoms with Gasteiger partial charge in [0.2, 0.25) is 0 Å². The van der Waals surface area contributed by atoms with Gasteiger partial charge in [-0.1, -0.05) is 0 Å². The Labute approximate surface area is 154 Å². The topological polar surface area (TPSA) is 63.8 Å². The molecule has 0 saturated carbocycles. The van der Waals surface area contributed by atoms with E-state index in [1.807, 2.05) is 13.8 Å². The standard InChI is InChI=1S/C9H10BrF3N2.C6H5F3N2/c1-5(2)15-8-3-6(9(11,12)13)7(10)4-14-8;7-6(8,9)4-2-1-3-11-5(4)10/h3-5H,1-2H3,(H,14,15);1-3H,(H2,10,11). The zero-order valence-electron chi connectivity index (χ0n) is 13.6. The summed E-state index contributed by atoms with van der Waals surface area (Å²) in [5.41, 5.74) is 3.37. The zero-order valence-corrected chi connectivity index (χ0v) is 15.2. The average Bonchev–Trinajstić information content (AvgIpc) is 2.47. The van der Waals surface area contributed by atoms with E-state index in [2.05, 4.69) is 31.2 Å². The molecule has 3 N–H and O–H groups in total. The molecule has 0 aromatic carbocycles. The third-order valence-electron chi connectivity index (χ3n) is 2.74. The fraction of sp³-hybridized carbons (Fsp3) is 0.333. The Balaban J connectivity index is 0.000000273. The minimum absolute atomic E-state index is 0.0414. The fourth-order valence-corrected chi connectivity index (χ4v) is 2.13. The number of alkyl halides is 6. The molecule has 0 atom stereocenters. The van der Waals surface area contributed by atoms with Crippen molar-refractivity contribution in [2.75, 3.05) is 11.1 Å². The summed E-state index contributed by atoms with van der Waals surface area (Å²) in [6.07, 6.45) is -6.41. The number of halogens is 7. The summed E-state index contributed by atoms with van der Waals surface area (Å²) in [4.78, 5) is 7.14. The molecular weight excluding hydrogens is 430 g/mol. The van der Waals surface area contributed by atoms with E-state index in [1.165, 1.54) is 12.3 Å². The Morgan fingerprint density at radius 2 is 1.62 bits per heavy atom. The van der Waals surface area contributed by atoms with Gasteiger partial charge in [-0.2, -0.15) is 26.3 Å². The molecule has 0 spiro atoms. The second-order valence-corrected chi connectivity index (χ2v) is 6.13. The summed E-state index contributed by atoms with van der Waals surface area (Å²) in [7, 11) is 0. The lowest BCUT2D eigenvalue weighted by Gasteiger charge is -2.13. The number of nitrogens with one attached hydrogen (secondary N) is 1. The molecule has 2 aromatic rings. The van der Waals surface area contributed by atoms with E-state index in [0.29, 0.717) is 0 Å². The maximum atomic E-state index is 12.5. The highest BCUT2D eigenvalue weighted by atomic mass is 79.9. The highest BCUT2D eigenvalue weighted by Gasteiger charge is 2.34. The third kappa shape index (κ3) is 6.70. The number of nitrogen functional groups attached to an aromatic ring is 1. The lowest BCUT2D eigenvalue weighted by molar-refractivity contribution is -0.138. The van der Waals surface area contributed by atoms with Crippen LogP contribution >= 0.6 is 15.9 Å². The van der Waals surface area contributed by atoms with Gasteiger partial charge in [0.15, 0.2) is 0 Å². The molecule has 0 fully saturated rings. The molecule has 11 heteroatoms. The van der Waals surface area contributed by atoms with Crippen LogP contribution in [0.5, 0.6) is 0 Å². The van der Waals surface area contributed by atoms with Crippen LogP contribution in [0.3, 0.4) is 0 Å². The summed E-state index contributed by atoms with van der Waals surface area (Å²) >= 11 is 2.82. The molecule has 26 heavy (non-hydrogen) atoms. The lowest BCUT2D eigenvalue weighted by Crippen LogP contribution is -2.13. The molecule has 0 aliphatic carbocycles. The van der Waals surface area contributed by atoms with Crippen LogP contribution in [0, 0.1) is 0 Å². The van der Waals surface area contributed by atoms with Gasteiger partial charge in [-0.25, -0.2) is 9.97 Å². The van der Waals surface area contributed by atoms with Crippen molar-refractivity contribution in [1.29, 1.82) is 0 Å². The molecule has 144 valence electrons. The van der Waals surface area contributed by atoms with E-state index in [1.54, 1.807) is 0 Å². The van der Waals surface area contributed by atoms with Crippen LogP contribution in [0.2, 0.25) is 0 Å². The Kier molecular flexibility index (Phi) is 7.25. The Morgan fingerprint density at radius 1 is 1.04 bits per heavy atom. The normalized spacial score (nSPS) is 11.8. The van der Waals surface area contributed by atoms with Crippen LogP contribution in [0.4, 0.5) is 38.0 Å². The maximum absolute atomic E-state index is 12.5. The summed E-state index contributed by atoms with van der Waals surface area (Å²) in [5.74, 6) is -0.263. The SMILES string of the molecule is CC(C)Nc1cc(C(F)(F)F)c(Br)cn1.Nc1ncccc1C(F)(F)F. The maximum Gasteiger partial charge on any atom is 0.419 e. The van der Waals surface area contributed by atoms with Gasteiger partial charge in [0.25, 0.3) is 0 Å². The van der Waals surface area contributed by atoms with Crippen molar-refractivity contribution in [1.82, 2.24) is 9.97 Å². The van der Waals surface area contributed by atoms with Crippen molar-refractivity contribution >= 4 is 27.6 Å². The summed E-state index contributed by atoms with van der Waals surface area (Å²) in [6, 6.07) is 3.12. The molecule has 4 nitrogen and oxygen atoms in total. The first kappa shape index (κ1) is 22.0. The minimum Gasteiger partial charge on any atom is -0.383 e. The molecule has 2 heterocycles. The molecule has 0 aliphatic rings. The summed E-state index contributed by atoms with van der Waals surface area (Å²) < 4.78 is 73.2. The number of nitrogens with two attached hydrogens (primary N) is 1. The predicted octanol–water partition coefficient (Wildman–Crippen LogP) is 5.37. The fourth-order valence-electron chi connectivity index (χ4n) is 1.69. The van der Waals surface area contributed by atoms with Crippen molar-refractivity contribution < 1.29 is 26.3 Å². The molecule has 0 amide bonds. The number of anilines is 2. The van der Waals surface area contributed by atoms with Crippen molar-refractivity contribution in [3.8, 4) is 0 Å². The van der Waals surface area contributed by atoms with Crippen molar-refractivity contribution in [2.45, 2.75) is 32.2 Å². The van der Waals surface area contributed by atoms with Crippen LogP contribution in [0.1, 0.15) is 25.0 Å². The lowest BCUT2D eigenvalue weighted by atomic mass is 10.2. The Hall–Kier alpha value is -2.04. The predicted molar refractivity (Wildman–Crippen MR) is 89.3 cm³/mol. The average molecular weight is 445 g/mol. The van der Waals surface area contributed by atoms with Gasteiger partial charge in [0.1, 0.15) is 11.6 Å². The monoisotopic (exact) mass is 444 g/mol. The van der Waals surface area contributed by atoms with E-state index in [0.717, 1.165) is 18.3 Å². The van der Waals surface area contributed by atoms with Crippen LogP contribution < -0.4 is 11.1 Å². The molecule has 0 unspecified atom stereocenters.